The van der Waals surface area contributed by atoms with E-state index < -0.39 is 5.60 Å². The maximum absolute atomic E-state index is 12.5. The minimum atomic E-state index is -0.511. The van der Waals surface area contributed by atoms with E-state index in [0.29, 0.717) is 12.3 Å². The topological polar surface area (TPSA) is 84.2 Å². The number of likely N-dealkylation sites (tertiary alicyclic amines) is 1. The summed E-state index contributed by atoms with van der Waals surface area (Å²) in [7, 11) is 0. The normalized spacial score (nSPS) is 18.4. The lowest BCUT2D eigenvalue weighted by Gasteiger charge is -2.28. The Hall–Kier alpha value is -2.31. The van der Waals surface area contributed by atoms with Crippen LogP contribution in [-0.4, -0.2) is 38.5 Å². The third-order valence-corrected chi connectivity index (χ3v) is 3.78. The maximum atomic E-state index is 12.5. The van der Waals surface area contributed by atoms with Gasteiger partial charge in [-0.25, -0.2) is 4.79 Å². The summed E-state index contributed by atoms with van der Waals surface area (Å²) >= 11 is 0. The highest BCUT2D eigenvalue weighted by Crippen LogP contribution is 2.37. The van der Waals surface area contributed by atoms with Crippen LogP contribution >= 0.6 is 0 Å². The van der Waals surface area contributed by atoms with Crippen molar-refractivity contribution in [2.45, 2.75) is 52.2 Å². The lowest BCUT2D eigenvalue weighted by molar-refractivity contribution is 0.0222. The highest BCUT2D eigenvalue weighted by molar-refractivity contribution is 5.70. The average molecular weight is 318 g/mol. The molecule has 0 bridgehead atoms. The monoisotopic (exact) mass is 318 g/mol. The number of hydrogen-bond donors (Lipinski definition) is 1. The van der Waals surface area contributed by atoms with Crippen LogP contribution in [0.15, 0.2) is 16.8 Å². The zero-order valence-corrected chi connectivity index (χ0v) is 13.9. The van der Waals surface area contributed by atoms with Gasteiger partial charge in [0.25, 0.3) is 0 Å². The first kappa shape index (κ1) is 15.6. The molecule has 3 heterocycles. The van der Waals surface area contributed by atoms with Crippen LogP contribution in [0.25, 0.3) is 11.3 Å². The second-order valence-electron chi connectivity index (χ2n) is 6.86. The van der Waals surface area contributed by atoms with Gasteiger partial charge in [0, 0.05) is 12.6 Å². The van der Waals surface area contributed by atoms with Crippen LogP contribution in [0.3, 0.4) is 0 Å². The van der Waals surface area contributed by atoms with Crippen molar-refractivity contribution in [2.24, 2.45) is 0 Å². The van der Waals surface area contributed by atoms with Gasteiger partial charge >= 0.3 is 6.09 Å². The number of aromatic nitrogens is 3. The Balaban J connectivity index is 1.87. The van der Waals surface area contributed by atoms with Gasteiger partial charge in [0.2, 0.25) is 0 Å². The second kappa shape index (κ2) is 5.72. The van der Waals surface area contributed by atoms with Gasteiger partial charge in [-0.15, -0.1) is 0 Å². The number of nitrogens with one attached hydrogen (secondary N) is 1. The summed E-state index contributed by atoms with van der Waals surface area (Å²) in [5.74, 6) is 0.655. The number of amides is 1. The molecule has 2 aromatic heterocycles. The highest BCUT2D eigenvalue weighted by atomic mass is 16.6. The third-order valence-electron chi connectivity index (χ3n) is 3.78. The first-order valence-corrected chi connectivity index (χ1v) is 7.82. The van der Waals surface area contributed by atoms with Crippen LogP contribution in [0.1, 0.15) is 51.0 Å². The minimum absolute atomic E-state index is 0.0900. The molecule has 0 radical (unpaired) electrons. The molecule has 7 heteroatoms. The largest absolute Gasteiger partial charge is 0.444 e. The number of hydrogen-bond acceptors (Lipinski definition) is 5. The molecule has 1 N–H and O–H groups in total. The molecule has 23 heavy (non-hydrogen) atoms. The van der Waals surface area contributed by atoms with Gasteiger partial charge in [0.15, 0.2) is 5.76 Å². The summed E-state index contributed by atoms with van der Waals surface area (Å²) in [5.41, 5.74) is 2.00. The average Bonchev–Trinajstić information content (AvgIpc) is 3.15. The summed E-state index contributed by atoms with van der Waals surface area (Å²) in [6.07, 6.45) is 3.20. The van der Waals surface area contributed by atoms with Crippen LogP contribution < -0.4 is 0 Å². The summed E-state index contributed by atoms with van der Waals surface area (Å²) in [5, 5.41) is 11.1. The fourth-order valence-electron chi connectivity index (χ4n) is 2.84. The van der Waals surface area contributed by atoms with Gasteiger partial charge in [-0.05, 0) is 40.5 Å². The molecule has 1 fully saturated rings. The number of rotatable bonds is 2. The smallest absolute Gasteiger partial charge is 0.410 e. The highest BCUT2D eigenvalue weighted by Gasteiger charge is 2.35. The number of carbonyl (C=O) groups is 1. The SMILES string of the molecule is Cc1cc(-c2cn[nH]c2[C@@H]2CCCN2C(=O)OC(C)(C)C)on1. The van der Waals surface area contributed by atoms with Crippen molar-refractivity contribution in [1.82, 2.24) is 20.3 Å². The van der Waals surface area contributed by atoms with E-state index in [1.807, 2.05) is 33.8 Å². The van der Waals surface area contributed by atoms with Crippen molar-refractivity contribution >= 4 is 6.09 Å². The summed E-state index contributed by atoms with van der Waals surface area (Å²) in [6.45, 7) is 8.15. The quantitative estimate of drug-likeness (QED) is 0.917. The molecule has 3 rings (SSSR count). The van der Waals surface area contributed by atoms with E-state index in [1.165, 1.54) is 0 Å². The Morgan fingerprint density at radius 1 is 1.48 bits per heavy atom. The Morgan fingerprint density at radius 2 is 2.26 bits per heavy atom. The molecule has 0 saturated carbocycles. The Labute approximate surface area is 135 Å². The molecule has 2 aromatic rings. The molecule has 1 saturated heterocycles. The third kappa shape index (κ3) is 3.23. The Bertz CT molecular complexity index is 698. The van der Waals surface area contributed by atoms with Gasteiger partial charge < -0.3 is 9.26 Å². The van der Waals surface area contributed by atoms with Crippen molar-refractivity contribution in [2.75, 3.05) is 6.54 Å². The number of H-pyrrole nitrogens is 1. The van der Waals surface area contributed by atoms with Crippen LogP contribution in [0.2, 0.25) is 0 Å². The summed E-state index contributed by atoms with van der Waals surface area (Å²) in [4.78, 5) is 14.2. The molecule has 1 aliphatic rings. The zero-order chi connectivity index (χ0) is 16.6. The van der Waals surface area contributed by atoms with E-state index in [-0.39, 0.29) is 12.1 Å². The van der Waals surface area contributed by atoms with Gasteiger partial charge in [-0.1, -0.05) is 5.16 Å². The lowest BCUT2D eigenvalue weighted by Crippen LogP contribution is -2.36. The van der Waals surface area contributed by atoms with E-state index in [4.69, 9.17) is 9.26 Å². The zero-order valence-electron chi connectivity index (χ0n) is 13.9. The number of nitrogens with zero attached hydrogens (tertiary/aromatic N) is 3. The molecule has 124 valence electrons. The molecule has 1 aliphatic heterocycles. The molecule has 1 amide bonds. The van der Waals surface area contributed by atoms with Crippen LogP contribution in [0.5, 0.6) is 0 Å². The molecular weight excluding hydrogens is 296 g/mol. The van der Waals surface area contributed by atoms with Crippen molar-refractivity contribution in [3.8, 4) is 11.3 Å². The Kier molecular flexibility index (Phi) is 3.87. The summed E-state index contributed by atoms with van der Waals surface area (Å²) < 4.78 is 10.9. The van der Waals surface area contributed by atoms with Gasteiger partial charge in [-0.3, -0.25) is 10.00 Å². The predicted octanol–water partition coefficient (Wildman–Crippen LogP) is 3.45. The lowest BCUT2D eigenvalue weighted by atomic mass is 10.1. The van der Waals surface area contributed by atoms with Crippen molar-refractivity contribution in [3.05, 3.63) is 23.7 Å². The van der Waals surface area contributed by atoms with E-state index in [0.717, 1.165) is 29.8 Å². The van der Waals surface area contributed by atoms with Crippen LogP contribution in [0, 0.1) is 6.92 Å². The molecule has 0 aromatic carbocycles. The molecule has 0 unspecified atom stereocenters. The summed E-state index contributed by atoms with van der Waals surface area (Å²) in [6, 6.07) is 1.77. The fourth-order valence-corrected chi connectivity index (χ4v) is 2.84. The number of aryl methyl sites for hydroxylation is 1. The van der Waals surface area contributed by atoms with E-state index in [1.54, 1.807) is 11.1 Å². The van der Waals surface area contributed by atoms with Crippen molar-refractivity contribution in [1.29, 1.82) is 0 Å². The molecule has 0 spiro atoms. The molecular formula is C16H22N4O3. The van der Waals surface area contributed by atoms with E-state index in [2.05, 4.69) is 15.4 Å². The first-order valence-electron chi connectivity index (χ1n) is 7.82. The Morgan fingerprint density at radius 3 is 2.91 bits per heavy atom. The van der Waals surface area contributed by atoms with Gasteiger partial charge in [-0.2, -0.15) is 5.10 Å². The standard InChI is InChI=1S/C16H22N4O3/c1-10-8-13(23-19-10)11-9-17-18-14(11)12-6-5-7-20(12)15(21)22-16(2,3)4/h8-9,12H,5-7H2,1-4H3,(H,17,18)/t12-/m0/s1. The molecule has 1 atom stereocenters. The van der Waals surface area contributed by atoms with Crippen molar-refractivity contribution < 1.29 is 14.1 Å². The predicted molar refractivity (Wildman–Crippen MR) is 83.7 cm³/mol. The fraction of sp³-hybridized carbons (Fsp3) is 0.562. The number of carbonyl (C=O) groups excluding carboxylic acids is 1. The maximum Gasteiger partial charge on any atom is 0.410 e. The first-order chi connectivity index (χ1) is 10.8. The molecule has 7 nitrogen and oxygen atoms in total. The van der Waals surface area contributed by atoms with E-state index in [9.17, 15) is 4.79 Å². The second-order valence-corrected chi connectivity index (χ2v) is 6.86. The number of ether oxygens (including phenoxy) is 1. The number of aromatic amines is 1. The van der Waals surface area contributed by atoms with Gasteiger partial charge in [0.05, 0.1) is 29.2 Å². The van der Waals surface area contributed by atoms with Gasteiger partial charge in [0.1, 0.15) is 5.60 Å². The van der Waals surface area contributed by atoms with Crippen molar-refractivity contribution in [3.63, 3.8) is 0 Å². The van der Waals surface area contributed by atoms with Crippen LogP contribution in [0.4, 0.5) is 4.79 Å². The van der Waals surface area contributed by atoms with Crippen LogP contribution in [-0.2, 0) is 4.74 Å². The minimum Gasteiger partial charge on any atom is -0.444 e. The van der Waals surface area contributed by atoms with E-state index >= 15 is 0 Å². The molecule has 0 aliphatic carbocycles.